The first kappa shape index (κ1) is 16.4. The van der Waals surface area contributed by atoms with Crippen molar-refractivity contribution in [2.24, 2.45) is 0 Å². The smallest absolute Gasteiger partial charge is 0.181 e. The van der Waals surface area contributed by atoms with Crippen molar-refractivity contribution in [3.05, 3.63) is 84.5 Å². The van der Waals surface area contributed by atoms with Gasteiger partial charge < -0.3 is 4.42 Å². The van der Waals surface area contributed by atoms with Crippen molar-refractivity contribution >= 4 is 11.1 Å². The summed E-state index contributed by atoms with van der Waals surface area (Å²) >= 11 is 0. The lowest BCUT2D eigenvalue weighted by atomic mass is 9.99. The number of aryl methyl sites for hydroxylation is 2. The van der Waals surface area contributed by atoms with Crippen molar-refractivity contribution in [2.45, 2.75) is 13.8 Å². The van der Waals surface area contributed by atoms with Gasteiger partial charge in [0, 0.05) is 5.56 Å². The summed E-state index contributed by atoms with van der Waals surface area (Å²) in [6, 6.07) is 20.7. The molecule has 0 aliphatic heterocycles. The number of oxazole rings is 1. The lowest BCUT2D eigenvalue weighted by Gasteiger charge is -2.15. The molecule has 0 bridgehead atoms. The van der Waals surface area contributed by atoms with Crippen molar-refractivity contribution in [3.63, 3.8) is 0 Å². The van der Waals surface area contributed by atoms with Crippen LogP contribution in [0, 0.1) is 13.8 Å². The third-order valence-electron chi connectivity index (χ3n) is 4.95. The highest BCUT2D eigenvalue weighted by atomic mass is 16.3. The lowest BCUT2D eigenvalue weighted by molar-refractivity contribution is 0.602. The Bertz CT molecular complexity index is 1260. The molecular formula is C23H18N4O. The Labute approximate surface area is 162 Å². The van der Waals surface area contributed by atoms with Gasteiger partial charge in [-0.3, -0.25) is 0 Å². The molecule has 0 amide bonds. The summed E-state index contributed by atoms with van der Waals surface area (Å²) in [5, 5.41) is 4.51. The van der Waals surface area contributed by atoms with E-state index in [2.05, 4.69) is 65.3 Å². The summed E-state index contributed by atoms with van der Waals surface area (Å²) < 4.78 is 7.35. The number of aromatic nitrogens is 4. The third-order valence-corrected chi connectivity index (χ3v) is 4.95. The molecule has 0 N–H and O–H groups in total. The van der Waals surface area contributed by atoms with Crippen LogP contribution in [0.4, 0.5) is 0 Å². The number of rotatable bonds is 3. The van der Waals surface area contributed by atoms with Crippen molar-refractivity contribution in [1.82, 2.24) is 19.7 Å². The SMILES string of the molecule is Cc1cc(-c2ccccc2)cc(C)c1-n1ncnc1-c1ccc2ncoc2c1. The standard InChI is InChI=1S/C23H18N4O/c1-15-10-19(17-6-4-3-5-7-17)11-16(2)22(15)27-23(24-13-26-27)18-8-9-20-21(12-18)28-14-25-20/h3-14H,1-2H3. The maximum Gasteiger partial charge on any atom is 0.181 e. The van der Waals surface area contributed by atoms with E-state index in [1.165, 1.54) is 17.5 Å². The van der Waals surface area contributed by atoms with Gasteiger partial charge in [-0.25, -0.2) is 14.6 Å². The van der Waals surface area contributed by atoms with E-state index in [1.807, 2.05) is 28.9 Å². The topological polar surface area (TPSA) is 56.7 Å². The Balaban J connectivity index is 1.64. The van der Waals surface area contributed by atoms with Gasteiger partial charge in [0.2, 0.25) is 0 Å². The van der Waals surface area contributed by atoms with Crippen LogP contribution in [0.5, 0.6) is 0 Å². The zero-order valence-electron chi connectivity index (χ0n) is 15.6. The average molecular weight is 366 g/mol. The lowest BCUT2D eigenvalue weighted by Crippen LogP contribution is -2.05. The van der Waals surface area contributed by atoms with Crippen LogP contribution in [-0.2, 0) is 0 Å². The average Bonchev–Trinajstić information content (AvgIpc) is 3.37. The molecular weight excluding hydrogens is 348 g/mol. The minimum absolute atomic E-state index is 0.736. The van der Waals surface area contributed by atoms with E-state index in [4.69, 9.17) is 4.42 Å². The van der Waals surface area contributed by atoms with Gasteiger partial charge in [-0.1, -0.05) is 30.3 Å². The minimum Gasteiger partial charge on any atom is -0.443 e. The number of benzene rings is 3. The maximum atomic E-state index is 5.45. The van der Waals surface area contributed by atoms with E-state index < -0.39 is 0 Å². The molecule has 5 heteroatoms. The molecule has 0 saturated heterocycles. The second-order valence-corrected chi connectivity index (χ2v) is 6.85. The molecule has 2 heterocycles. The van der Waals surface area contributed by atoms with Gasteiger partial charge >= 0.3 is 0 Å². The highest BCUT2D eigenvalue weighted by Gasteiger charge is 2.15. The molecule has 136 valence electrons. The second-order valence-electron chi connectivity index (χ2n) is 6.85. The number of fused-ring (bicyclic) bond motifs is 1. The van der Waals surface area contributed by atoms with Gasteiger partial charge in [0.15, 0.2) is 17.8 Å². The van der Waals surface area contributed by atoms with E-state index in [-0.39, 0.29) is 0 Å². The molecule has 0 unspecified atom stereocenters. The number of hydrogen-bond acceptors (Lipinski definition) is 4. The van der Waals surface area contributed by atoms with Gasteiger partial charge in [-0.2, -0.15) is 5.10 Å². The fraction of sp³-hybridized carbons (Fsp3) is 0.0870. The fourth-order valence-electron chi connectivity index (χ4n) is 3.68. The second kappa shape index (κ2) is 6.46. The molecule has 0 aliphatic rings. The minimum atomic E-state index is 0.736. The molecule has 28 heavy (non-hydrogen) atoms. The molecule has 0 atom stereocenters. The summed E-state index contributed by atoms with van der Waals surface area (Å²) in [5.41, 5.74) is 8.24. The monoisotopic (exact) mass is 366 g/mol. The van der Waals surface area contributed by atoms with Crippen LogP contribution in [-0.4, -0.2) is 19.7 Å². The zero-order chi connectivity index (χ0) is 19.1. The molecule has 5 rings (SSSR count). The first-order valence-corrected chi connectivity index (χ1v) is 9.11. The summed E-state index contributed by atoms with van der Waals surface area (Å²) in [6.45, 7) is 4.22. The molecule has 0 radical (unpaired) electrons. The Morgan fingerprint density at radius 3 is 2.36 bits per heavy atom. The predicted molar refractivity (Wildman–Crippen MR) is 109 cm³/mol. The molecule has 2 aromatic heterocycles. The zero-order valence-corrected chi connectivity index (χ0v) is 15.6. The first-order chi connectivity index (χ1) is 13.7. The van der Waals surface area contributed by atoms with Crippen molar-refractivity contribution in [3.8, 4) is 28.2 Å². The highest BCUT2D eigenvalue weighted by molar-refractivity contribution is 5.79. The largest absolute Gasteiger partial charge is 0.443 e. The van der Waals surface area contributed by atoms with E-state index in [0.29, 0.717) is 0 Å². The van der Waals surface area contributed by atoms with E-state index >= 15 is 0 Å². The van der Waals surface area contributed by atoms with Gasteiger partial charge in [0.05, 0.1) is 5.69 Å². The van der Waals surface area contributed by atoms with Crippen LogP contribution in [0.3, 0.4) is 0 Å². The summed E-state index contributed by atoms with van der Waals surface area (Å²) in [6.07, 6.45) is 3.04. The Kier molecular flexibility index (Phi) is 3.79. The Morgan fingerprint density at radius 2 is 1.57 bits per heavy atom. The predicted octanol–water partition coefficient (Wildman–Crippen LogP) is 5.36. The summed E-state index contributed by atoms with van der Waals surface area (Å²) in [7, 11) is 0. The van der Waals surface area contributed by atoms with Gasteiger partial charge in [0.25, 0.3) is 0 Å². The highest BCUT2D eigenvalue weighted by Crippen LogP contribution is 2.30. The van der Waals surface area contributed by atoms with Crippen LogP contribution in [0.25, 0.3) is 39.3 Å². The molecule has 0 fully saturated rings. The normalized spacial score (nSPS) is 11.2. The van der Waals surface area contributed by atoms with Crippen molar-refractivity contribution < 1.29 is 4.42 Å². The molecule has 0 saturated carbocycles. The van der Waals surface area contributed by atoms with Crippen molar-refractivity contribution in [1.29, 1.82) is 0 Å². The van der Waals surface area contributed by atoms with Crippen LogP contribution in [0.2, 0.25) is 0 Å². The van der Waals surface area contributed by atoms with E-state index in [0.717, 1.165) is 39.3 Å². The molecule has 5 nitrogen and oxygen atoms in total. The van der Waals surface area contributed by atoms with Gasteiger partial charge in [-0.05, 0) is 66.4 Å². The molecule has 0 spiro atoms. The summed E-state index contributed by atoms with van der Waals surface area (Å²) in [5.74, 6) is 0.775. The molecule has 0 aliphatic carbocycles. The fourth-order valence-corrected chi connectivity index (χ4v) is 3.68. The van der Waals surface area contributed by atoms with E-state index in [9.17, 15) is 0 Å². The van der Waals surface area contributed by atoms with Crippen LogP contribution in [0.15, 0.2) is 77.8 Å². The van der Waals surface area contributed by atoms with E-state index in [1.54, 1.807) is 6.33 Å². The Hall–Kier alpha value is -3.73. The number of nitrogens with zero attached hydrogens (tertiary/aromatic N) is 4. The number of hydrogen-bond donors (Lipinski definition) is 0. The van der Waals surface area contributed by atoms with Gasteiger partial charge in [-0.15, -0.1) is 0 Å². The maximum absolute atomic E-state index is 5.45. The van der Waals surface area contributed by atoms with Crippen LogP contribution < -0.4 is 0 Å². The molecule has 3 aromatic carbocycles. The van der Waals surface area contributed by atoms with Gasteiger partial charge in [0.1, 0.15) is 11.8 Å². The summed E-state index contributed by atoms with van der Waals surface area (Å²) in [4.78, 5) is 8.69. The first-order valence-electron chi connectivity index (χ1n) is 9.11. The van der Waals surface area contributed by atoms with Crippen LogP contribution >= 0.6 is 0 Å². The van der Waals surface area contributed by atoms with Crippen molar-refractivity contribution in [2.75, 3.05) is 0 Å². The molecule has 5 aromatic rings. The quantitative estimate of drug-likeness (QED) is 0.431. The van der Waals surface area contributed by atoms with Crippen LogP contribution in [0.1, 0.15) is 11.1 Å². The third kappa shape index (κ3) is 2.68. The Morgan fingerprint density at radius 1 is 0.786 bits per heavy atom.